The molecule has 3 heterocycles. The highest BCUT2D eigenvalue weighted by atomic mass is 15.2. The molecule has 98 valence electrons. The third-order valence-electron chi connectivity index (χ3n) is 4.43. The van der Waals surface area contributed by atoms with Gasteiger partial charge in [0.25, 0.3) is 0 Å². The van der Waals surface area contributed by atoms with Crippen molar-refractivity contribution >= 4 is 16.9 Å². The number of hydrogen-bond acceptors (Lipinski definition) is 3. The Kier molecular flexibility index (Phi) is 2.37. The van der Waals surface area contributed by atoms with Crippen LogP contribution >= 0.6 is 0 Å². The molecule has 1 saturated heterocycles. The minimum Gasteiger partial charge on any atom is -0.355 e. The van der Waals surface area contributed by atoms with E-state index < -0.39 is 0 Å². The van der Waals surface area contributed by atoms with Crippen LogP contribution in [0.5, 0.6) is 0 Å². The molecule has 2 aromatic heterocycles. The molecule has 4 nitrogen and oxygen atoms in total. The van der Waals surface area contributed by atoms with E-state index in [1.807, 2.05) is 13.1 Å². The number of nitrogens with one attached hydrogen (secondary N) is 1. The summed E-state index contributed by atoms with van der Waals surface area (Å²) in [7, 11) is 0. The minimum atomic E-state index is 0.800. The third kappa shape index (κ3) is 1.74. The van der Waals surface area contributed by atoms with E-state index in [0.29, 0.717) is 0 Å². The third-order valence-corrected chi connectivity index (χ3v) is 4.43. The fourth-order valence-corrected chi connectivity index (χ4v) is 3.46. The van der Waals surface area contributed by atoms with Crippen molar-refractivity contribution in [3.05, 3.63) is 30.2 Å². The standard InChI is InChI=1S/C15H18N4/c1-10-17-14-13(6-7-16-14)15(18-10)19-8-11-4-2-3-5-12(11)9-19/h2-3,6-7,11-12H,4-5,8-9H2,1H3,(H,16,17,18). The van der Waals surface area contributed by atoms with Gasteiger partial charge >= 0.3 is 0 Å². The summed E-state index contributed by atoms with van der Waals surface area (Å²) in [4.78, 5) is 14.8. The average Bonchev–Trinajstić information content (AvgIpc) is 3.03. The summed E-state index contributed by atoms with van der Waals surface area (Å²) in [6, 6.07) is 2.09. The molecule has 0 bridgehead atoms. The highest BCUT2D eigenvalue weighted by Crippen LogP contribution is 2.36. The first-order chi connectivity index (χ1) is 9.31. The molecule has 2 aliphatic rings. The Balaban J connectivity index is 1.73. The maximum absolute atomic E-state index is 4.69. The van der Waals surface area contributed by atoms with Crippen LogP contribution in [0.25, 0.3) is 11.0 Å². The predicted molar refractivity (Wildman–Crippen MR) is 76.2 cm³/mol. The number of anilines is 1. The molecule has 19 heavy (non-hydrogen) atoms. The molecule has 2 atom stereocenters. The molecular formula is C15H18N4. The number of nitrogens with zero attached hydrogens (tertiary/aromatic N) is 3. The number of aromatic nitrogens is 3. The molecule has 1 aliphatic carbocycles. The molecule has 2 aromatic rings. The number of allylic oxidation sites excluding steroid dienone is 2. The summed E-state index contributed by atoms with van der Waals surface area (Å²) < 4.78 is 0. The van der Waals surface area contributed by atoms with Crippen LogP contribution in [-0.4, -0.2) is 28.0 Å². The van der Waals surface area contributed by atoms with E-state index in [2.05, 4.69) is 38.1 Å². The average molecular weight is 254 g/mol. The van der Waals surface area contributed by atoms with Crippen molar-refractivity contribution in [3.8, 4) is 0 Å². The molecular weight excluding hydrogens is 236 g/mol. The Bertz CT molecular complexity index is 627. The van der Waals surface area contributed by atoms with E-state index in [-0.39, 0.29) is 0 Å². The van der Waals surface area contributed by atoms with E-state index in [4.69, 9.17) is 0 Å². The Morgan fingerprint density at radius 3 is 2.63 bits per heavy atom. The molecule has 0 aromatic carbocycles. The number of rotatable bonds is 1. The monoisotopic (exact) mass is 254 g/mol. The highest BCUT2D eigenvalue weighted by Gasteiger charge is 2.34. The number of aromatic amines is 1. The summed E-state index contributed by atoms with van der Waals surface area (Å²) in [5.74, 6) is 3.56. The van der Waals surface area contributed by atoms with Crippen molar-refractivity contribution in [1.82, 2.24) is 15.0 Å². The Morgan fingerprint density at radius 1 is 1.16 bits per heavy atom. The maximum atomic E-state index is 4.69. The maximum Gasteiger partial charge on any atom is 0.143 e. The van der Waals surface area contributed by atoms with Crippen LogP contribution < -0.4 is 4.90 Å². The molecule has 0 amide bonds. The second kappa shape index (κ2) is 4.08. The Hall–Kier alpha value is -1.84. The van der Waals surface area contributed by atoms with Gasteiger partial charge in [0, 0.05) is 19.3 Å². The van der Waals surface area contributed by atoms with Crippen molar-refractivity contribution in [1.29, 1.82) is 0 Å². The van der Waals surface area contributed by atoms with Crippen LogP contribution in [0.4, 0.5) is 5.82 Å². The first-order valence-electron chi connectivity index (χ1n) is 7.03. The number of hydrogen-bond donors (Lipinski definition) is 1. The Morgan fingerprint density at radius 2 is 1.89 bits per heavy atom. The molecule has 4 heteroatoms. The Labute approximate surface area is 112 Å². The quantitative estimate of drug-likeness (QED) is 0.796. The van der Waals surface area contributed by atoms with Gasteiger partial charge in [0.2, 0.25) is 0 Å². The lowest BCUT2D eigenvalue weighted by Gasteiger charge is -2.18. The lowest BCUT2D eigenvalue weighted by atomic mass is 9.86. The van der Waals surface area contributed by atoms with Gasteiger partial charge in [-0.1, -0.05) is 12.2 Å². The normalized spacial score (nSPS) is 26.1. The van der Waals surface area contributed by atoms with Gasteiger partial charge in [-0.05, 0) is 37.7 Å². The van der Waals surface area contributed by atoms with Gasteiger partial charge in [-0.15, -0.1) is 0 Å². The summed E-state index contributed by atoms with van der Waals surface area (Å²) in [5, 5.41) is 1.15. The van der Waals surface area contributed by atoms with Gasteiger partial charge in [-0.25, -0.2) is 9.97 Å². The first-order valence-corrected chi connectivity index (χ1v) is 7.03. The van der Waals surface area contributed by atoms with Gasteiger partial charge < -0.3 is 9.88 Å². The summed E-state index contributed by atoms with van der Waals surface area (Å²) in [6.07, 6.45) is 9.07. The molecule has 1 aliphatic heterocycles. The minimum absolute atomic E-state index is 0.800. The van der Waals surface area contributed by atoms with E-state index >= 15 is 0 Å². The van der Waals surface area contributed by atoms with Crippen LogP contribution in [0.2, 0.25) is 0 Å². The van der Waals surface area contributed by atoms with Gasteiger partial charge in [0.05, 0.1) is 5.39 Å². The number of fused-ring (bicyclic) bond motifs is 2. The molecule has 0 radical (unpaired) electrons. The zero-order valence-corrected chi connectivity index (χ0v) is 11.1. The number of aryl methyl sites for hydroxylation is 1. The first kappa shape index (κ1) is 11.0. The van der Waals surface area contributed by atoms with E-state index in [0.717, 1.165) is 47.6 Å². The van der Waals surface area contributed by atoms with Crippen LogP contribution in [0.1, 0.15) is 18.7 Å². The molecule has 2 unspecified atom stereocenters. The lowest BCUT2D eigenvalue weighted by Crippen LogP contribution is -2.21. The number of H-pyrrole nitrogens is 1. The van der Waals surface area contributed by atoms with Crippen LogP contribution in [0.3, 0.4) is 0 Å². The molecule has 0 spiro atoms. The van der Waals surface area contributed by atoms with Crippen molar-refractivity contribution in [2.45, 2.75) is 19.8 Å². The van der Waals surface area contributed by atoms with E-state index in [1.165, 1.54) is 12.8 Å². The van der Waals surface area contributed by atoms with Crippen LogP contribution in [0, 0.1) is 18.8 Å². The summed E-state index contributed by atoms with van der Waals surface area (Å²) in [6.45, 7) is 4.23. The molecule has 4 rings (SSSR count). The summed E-state index contributed by atoms with van der Waals surface area (Å²) in [5.41, 5.74) is 0.954. The topological polar surface area (TPSA) is 44.8 Å². The fraction of sp³-hybridized carbons (Fsp3) is 0.467. The second-order valence-corrected chi connectivity index (χ2v) is 5.70. The van der Waals surface area contributed by atoms with Gasteiger partial charge in [0.15, 0.2) is 0 Å². The van der Waals surface area contributed by atoms with Crippen molar-refractivity contribution in [3.63, 3.8) is 0 Å². The largest absolute Gasteiger partial charge is 0.355 e. The molecule has 0 saturated carbocycles. The van der Waals surface area contributed by atoms with Crippen molar-refractivity contribution in [2.24, 2.45) is 11.8 Å². The van der Waals surface area contributed by atoms with Gasteiger partial charge in [0.1, 0.15) is 17.3 Å². The van der Waals surface area contributed by atoms with Crippen LogP contribution in [-0.2, 0) is 0 Å². The van der Waals surface area contributed by atoms with E-state index in [9.17, 15) is 0 Å². The summed E-state index contributed by atoms with van der Waals surface area (Å²) >= 11 is 0. The zero-order valence-electron chi connectivity index (χ0n) is 11.1. The van der Waals surface area contributed by atoms with Crippen molar-refractivity contribution < 1.29 is 0 Å². The van der Waals surface area contributed by atoms with Gasteiger partial charge in [-0.2, -0.15) is 0 Å². The smallest absolute Gasteiger partial charge is 0.143 e. The second-order valence-electron chi connectivity index (χ2n) is 5.70. The van der Waals surface area contributed by atoms with Crippen LogP contribution in [0.15, 0.2) is 24.4 Å². The molecule has 1 fully saturated rings. The van der Waals surface area contributed by atoms with E-state index in [1.54, 1.807) is 0 Å². The van der Waals surface area contributed by atoms with Gasteiger partial charge in [-0.3, -0.25) is 0 Å². The highest BCUT2D eigenvalue weighted by molar-refractivity contribution is 5.87. The molecule has 1 N–H and O–H groups in total. The lowest BCUT2D eigenvalue weighted by molar-refractivity contribution is 0.411. The van der Waals surface area contributed by atoms with Crippen molar-refractivity contribution in [2.75, 3.05) is 18.0 Å². The SMILES string of the molecule is Cc1nc(N2CC3CC=CCC3C2)c2cc[nH]c2n1. The predicted octanol–water partition coefficient (Wildman–Crippen LogP) is 2.67. The fourth-order valence-electron chi connectivity index (χ4n) is 3.46. The zero-order chi connectivity index (χ0) is 12.8.